The highest BCUT2D eigenvalue weighted by Crippen LogP contribution is 2.39. The molecule has 0 fully saturated rings. The second-order valence-corrected chi connectivity index (χ2v) is 4.71. The van der Waals surface area contributed by atoms with Crippen molar-refractivity contribution in [3.05, 3.63) is 36.4 Å². The number of nitrogens with zero attached hydrogens (tertiary/aromatic N) is 1. The van der Waals surface area contributed by atoms with Gasteiger partial charge >= 0.3 is 0 Å². The Hall–Kier alpha value is -2.10. The van der Waals surface area contributed by atoms with Crippen molar-refractivity contribution in [3.8, 4) is 11.3 Å². The van der Waals surface area contributed by atoms with E-state index in [2.05, 4.69) is 10.3 Å². The number of rotatable bonds is 1. The average Bonchev–Trinajstić information content (AvgIpc) is 2.87. The first kappa shape index (κ1) is 10.1. The summed E-state index contributed by atoms with van der Waals surface area (Å²) < 4.78 is 5.23. The Labute approximate surface area is 98.7 Å². The van der Waals surface area contributed by atoms with E-state index in [1.165, 1.54) is 6.39 Å². The molecule has 86 valence electrons. The van der Waals surface area contributed by atoms with Crippen molar-refractivity contribution in [2.75, 3.05) is 5.32 Å². The van der Waals surface area contributed by atoms with Gasteiger partial charge in [-0.25, -0.2) is 4.98 Å². The van der Waals surface area contributed by atoms with Crippen LogP contribution in [0.4, 0.5) is 5.69 Å². The van der Waals surface area contributed by atoms with E-state index in [0.717, 1.165) is 16.8 Å². The average molecular weight is 228 g/mol. The summed E-state index contributed by atoms with van der Waals surface area (Å²) in [6.45, 7) is 3.84. The quantitative estimate of drug-likeness (QED) is 0.816. The Morgan fingerprint density at radius 1 is 1.35 bits per heavy atom. The predicted octanol–water partition coefficient (Wildman–Crippen LogP) is 2.57. The number of fused-ring (bicyclic) bond motifs is 1. The minimum atomic E-state index is -0.463. The second kappa shape index (κ2) is 3.20. The molecule has 2 aromatic rings. The van der Waals surface area contributed by atoms with Crippen LogP contribution in [-0.2, 0) is 10.2 Å². The predicted molar refractivity (Wildman–Crippen MR) is 63.6 cm³/mol. The fourth-order valence-electron chi connectivity index (χ4n) is 2.11. The maximum absolute atomic E-state index is 11.8. The highest BCUT2D eigenvalue weighted by atomic mass is 16.3. The van der Waals surface area contributed by atoms with Gasteiger partial charge in [0.1, 0.15) is 0 Å². The zero-order valence-electron chi connectivity index (χ0n) is 9.65. The Bertz CT molecular complexity index is 585. The molecule has 0 saturated heterocycles. The molecule has 0 saturated carbocycles. The lowest BCUT2D eigenvalue weighted by Crippen LogP contribution is -2.26. The van der Waals surface area contributed by atoms with E-state index in [0.29, 0.717) is 5.76 Å². The molecule has 0 bridgehead atoms. The molecule has 0 atom stereocenters. The van der Waals surface area contributed by atoms with Crippen LogP contribution < -0.4 is 5.32 Å². The fourth-order valence-corrected chi connectivity index (χ4v) is 2.11. The van der Waals surface area contributed by atoms with Gasteiger partial charge in [0.05, 0.1) is 11.6 Å². The zero-order chi connectivity index (χ0) is 12.0. The molecule has 17 heavy (non-hydrogen) atoms. The first-order valence-electron chi connectivity index (χ1n) is 5.44. The molecular weight excluding hydrogens is 216 g/mol. The van der Waals surface area contributed by atoms with Gasteiger partial charge in [-0.1, -0.05) is 12.1 Å². The number of oxazole rings is 1. The zero-order valence-corrected chi connectivity index (χ0v) is 9.65. The van der Waals surface area contributed by atoms with Crippen molar-refractivity contribution in [2.24, 2.45) is 0 Å². The molecule has 3 rings (SSSR count). The minimum Gasteiger partial charge on any atom is -0.444 e. The van der Waals surface area contributed by atoms with E-state index < -0.39 is 5.41 Å². The smallest absolute Gasteiger partial charge is 0.234 e. The summed E-state index contributed by atoms with van der Waals surface area (Å²) in [6, 6.07) is 5.83. The SMILES string of the molecule is CC1(C)C(=O)Nc2cc(-c3cnco3)ccc21. The van der Waals surface area contributed by atoms with Crippen molar-refractivity contribution in [1.29, 1.82) is 0 Å². The molecule has 1 aliphatic rings. The molecule has 2 heterocycles. The third-order valence-electron chi connectivity index (χ3n) is 3.23. The molecule has 1 aliphatic heterocycles. The third-order valence-corrected chi connectivity index (χ3v) is 3.23. The van der Waals surface area contributed by atoms with Gasteiger partial charge in [-0.15, -0.1) is 0 Å². The molecule has 4 heteroatoms. The Kier molecular flexibility index (Phi) is 1.90. The highest BCUT2D eigenvalue weighted by molar-refractivity contribution is 6.06. The van der Waals surface area contributed by atoms with E-state index in [-0.39, 0.29) is 5.91 Å². The van der Waals surface area contributed by atoms with E-state index >= 15 is 0 Å². The van der Waals surface area contributed by atoms with Crippen molar-refractivity contribution in [2.45, 2.75) is 19.3 Å². The van der Waals surface area contributed by atoms with Crippen LogP contribution in [0.25, 0.3) is 11.3 Å². The topological polar surface area (TPSA) is 55.1 Å². The molecule has 1 N–H and O–H groups in total. The second-order valence-electron chi connectivity index (χ2n) is 4.71. The summed E-state index contributed by atoms with van der Waals surface area (Å²) in [4.78, 5) is 15.7. The van der Waals surface area contributed by atoms with E-state index in [1.54, 1.807) is 6.20 Å². The molecule has 1 aromatic heterocycles. The van der Waals surface area contributed by atoms with Crippen LogP contribution in [0.5, 0.6) is 0 Å². The van der Waals surface area contributed by atoms with E-state index in [9.17, 15) is 4.79 Å². The van der Waals surface area contributed by atoms with Gasteiger partial charge in [-0.05, 0) is 25.5 Å². The lowest BCUT2D eigenvalue weighted by atomic mass is 9.86. The van der Waals surface area contributed by atoms with E-state index in [1.807, 2.05) is 32.0 Å². The summed E-state index contributed by atoms with van der Waals surface area (Å²) in [5, 5.41) is 2.89. The van der Waals surface area contributed by atoms with Gasteiger partial charge in [0.25, 0.3) is 0 Å². The summed E-state index contributed by atoms with van der Waals surface area (Å²) in [5.41, 5.74) is 2.33. The van der Waals surface area contributed by atoms with Gasteiger partial charge in [-0.3, -0.25) is 4.79 Å². The number of hydrogen-bond donors (Lipinski definition) is 1. The first-order valence-corrected chi connectivity index (χ1v) is 5.44. The molecule has 0 aliphatic carbocycles. The standard InChI is InChI=1S/C13H12N2O2/c1-13(2)9-4-3-8(11-6-14-7-17-11)5-10(9)15-12(13)16/h3-7H,1-2H3,(H,15,16). The summed E-state index contributed by atoms with van der Waals surface area (Å²) in [6.07, 6.45) is 3.05. The van der Waals surface area contributed by atoms with Crippen molar-refractivity contribution >= 4 is 11.6 Å². The third kappa shape index (κ3) is 1.37. The molecular formula is C13H12N2O2. The lowest BCUT2D eigenvalue weighted by Gasteiger charge is -2.14. The van der Waals surface area contributed by atoms with Gasteiger partial charge in [0, 0.05) is 11.3 Å². The van der Waals surface area contributed by atoms with Crippen LogP contribution >= 0.6 is 0 Å². The first-order chi connectivity index (χ1) is 8.09. The number of carbonyl (C=O) groups is 1. The number of carbonyl (C=O) groups excluding carboxylic acids is 1. The molecule has 0 radical (unpaired) electrons. The number of anilines is 1. The van der Waals surface area contributed by atoms with Crippen LogP contribution in [0.3, 0.4) is 0 Å². The van der Waals surface area contributed by atoms with Crippen LogP contribution in [0.1, 0.15) is 19.4 Å². The largest absolute Gasteiger partial charge is 0.444 e. The van der Waals surface area contributed by atoms with Crippen LogP contribution in [0, 0.1) is 0 Å². The van der Waals surface area contributed by atoms with Crippen molar-refractivity contribution in [3.63, 3.8) is 0 Å². The summed E-state index contributed by atoms with van der Waals surface area (Å²) in [7, 11) is 0. The summed E-state index contributed by atoms with van der Waals surface area (Å²) >= 11 is 0. The lowest BCUT2D eigenvalue weighted by molar-refractivity contribution is -0.119. The number of hydrogen-bond acceptors (Lipinski definition) is 3. The maximum Gasteiger partial charge on any atom is 0.234 e. The number of aromatic nitrogens is 1. The molecule has 0 spiro atoms. The number of nitrogens with one attached hydrogen (secondary N) is 1. The van der Waals surface area contributed by atoms with Crippen molar-refractivity contribution in [1.82, 2.24) is 4.98 Å². The molecule has 1 aromatic carbocycles. The van der Waals surface area contributed by atoms with Crippen LogP contribution in [0.15, 0.2) is 35.2 Å². The fraction of sp³-hybridized carbons (Fsp3) is 0.231. The van der Waals surface area contributed by atoms with Gasteiger partial charge < -0.3 is 9.73 Å². The van der Waals surface area contributed by atoms with E-state index in [4.69, 9.17) is 4.42 Å². The number of benzene rings is 1. The maximum atomic E-state index is 11.8. The monoisotopic (exact) mass is 228 g/mol. The minimum absolute atomic E-state index is 0.0298. The molecule has 1 amide bonds. The van der Waals surface area contributed by atoms with Crippen LogP contribution in [0.2, 0.25) is 0 Å². The Balaban J connectivity index is 2.12. The Morgan fingerprint density at radius 2 is 2.18 bits per heavy atom. The van der Waals surface area contributed by atoms with Gasteiger partial charge in [0.2, 0.25) is 5.91 Å². The molecule has 4 nitrogen and oxygen atoms in total. The van der Waals surface area contributed by atoms with Gasteiger partial charge in [-0.2, -0.15) is 0 Å². The van der Waals surface area contributed by atoms with Gasteiger partial charge in [0.15, 0.2) is 12.2 Å². The highest BCUT2D eigenvalue weighted by Gasteiger charge is 2.38. The normalized spacial score (nSPS) is 16.7. The number of amides is 1. The van der Waals surface area contributed by atoms with Crippen molar-refractivity contribution < 1.29 is 9.21 Å². The summed E-state index contributed by atoms with van der Waals surface area (Å²) in [5.74, 6) is 0.731. The van der Waals surface area contributed by atoms with Crippen LogP contribution in [-0.4, -0.2) is 10.9 Å². The Morgan fingerprint density at radius 3 is 2.88 bits per heavy atom. The molecule has 0 unspecified atom stereocenters.